The summed E-state index contributed by atoms with van der Waals surface area (Å²) in [5, 5.41) is 0.633. The smallest absolute Gasteiger partial charge is 0.310 e. The summed E-state index contributed by atoms with van der Waals surface area (Å²) in [5.41, 5.74) is 0.863. The average molecular weight is 348 g/mol. The highest BCUT2D eigenvalue weighted by molar-refractivity contribution is 6.30. The zero-order valence-corrected chi connectivity index (χ0v) is 13.9. The number of rotatable bonds is 5. The zero-order chi connectivity index (χ0) is 17.1. The van der Waals surface area contributed by atoms with Crippen LogP contribution in [0.5, 0.6) is 0 Å². The van der Waals surface area contributed by atoms with E-state index in [4.69, 9.17) is 16.3 Å². The van der Waals surface area contributed by atoms with Crippen LogP contribution in [0, 0.1) is 11.8 Å². The number of carbonyl (C=O) groups is 3. The van der Waals surface area contributed by atoms with E-state index >= 15 is 0 Å². The normalized spacial score (nSPS) is 23.0. The minimum atomic E-state index is -0.373. The van der Waals surface area contributed by atoms with Crippen molar-refractivity contribution in [1.29, 1.82) is 0 Å². The van der Waals surface area contributed by atoms with Gasteiger partial charge in [-0.2, -0.15) is 0 Å². The number of carbonyl (C=O) groups excluding carboxylic acids is 3. The standard InChI is InChI=1S/C18H18ClNO4/c19-13-6-7-14-15(11-13)18(23)20(17(14)22)8-9-24-16(21)10-12-4-2-1-3-5-12/h1-6,14-15H,7-11H2. The summed E-state index contributed by atoms with van der Waals surface area (Å²) >= 11 is 5.98. The first-order chi connectivity index (χ1) is 11.6. The lowest BCUT2D eigenvalue weighted by molar-refractivity contribution is -0.148. The van der Waals surface area contributed by atoms with E-state index in [1.54, 1.807) is 6.08 Å². The summed E-state index contributed by atoms with van der Waals surface area (Å²) in [5.74, 6) is -1.46. The molecule has 24 heavy (non-hydrogen) atoms. The summed E-state index contributed by atoms with van der Waals surface area (Å²) < 4.78 is 5.15. The van der Waals surface area contributed by atoms with E-state index in [1.807, 2.05) is 30.3 Å². The van der Waals surface area contributed by atoms with Gasteiger partial charge in [-0.1, -0.05) is 48.0 Å². The van der Waals surface area contributed by atoms with Gasteiger partial charge in [-0.05, 0) is 18.4 Å². The van der Waals surface area contributed by atoms with Gasteiger partial charge in [0.1, 0.15) is 6.61 Å². The molecule has 1 saturated heterocycles. The molecule has 0 N–H and O–H groups in total. The summed E-state index contributed by atoms with van der Waals surface area (Å²) in [6.45, 7) is 0.118. The molecule has 3 rings (SSSR count). The summed E-state index contributed by atoms with van der Waals surface area (Å²) in [4.78, 5) is 37.7. The van der Waals surface area contributed by atoms with E-state index in [0.29, 0.717) is 17.9 Å². The fraction of sp³-hybridized carbons (Fsp3) is 0.389. The monoisotopic (exact) mass is 347 g/mol. The molecule has 1 aliphatic heterocycles. The van der Waals surface area contributed by atoms with Crippen LogP contribution in [0.2, 0.25) is 0 Å². The van der Waals surface area contributed by atoms with Crippen molar-refractivity contribution >= 4 is 29.4 Å². The Morgan fingerprint density at radius 1 is 1.17 bits per heavy atom. The SMILES string of the molecule is O=C(Cc1ccccc1)OCCN1C(=O)C2CC=C(Cl)CC2C1=O. The van der Waals surface area contributed by atoms with Gasteiger partial charge in [-0.25, -0.2) is 0 Å². The highest BCUT2D eigenvalue weighted by atomic mass is 35.5. The fourth-order valence-corrected chi connectivity index (χ4v) is 3.44. The number of benzene rings is 1. The van der Waals surface area contributed by atoms with Crippen LogP contribution in [0.15, 0.2) is 41.4 Å². The molecule has 2 atom stereocenters. The lowest BCUT2D eigenvalue weighted by atomic mass is 9.85. The molecule has 5 nitrogen and oxygen atoms in total. The Bertz CT molecular complexity index is 686. The Balaban J connectivity index is 1.49. The molecule has 1 aromatic carbocycles. The van der Waals surface area contributed by atoms with Crippen molar-refractivity contribution in [2.75, 3.05) is 13.2 Å². The van der Waals surface area contributed by atoms with Crippen LogP contribution in [0.25, 0.3) is 0 Å². The molecule has 1 fully saturated rings. The second-order valence-electron chi connectivity index (χ2n) is 6.01. The maximum atomic E-state index is 12.3. The van der Waals surface area contributed by atoms with Gasteiger partial charge in [0, 0.05) is 5.03 Å². The Morgan fingerprint density at radius 2 is 1.88 bits per heavy atom. The maximum absolute atomic E-state index is 12.3. The Morgan fingerprint density at radius 3 is 2.62 bits per heavy atom. The molecule has 1 aliphatic carbocycles. The van der Waals surface area contributed by atoms with Gasteiger partial charge >= 0.3 is 5.97 Å². The number of likely N-dealkylation sites (tertiary alicyclic amines) is 1. The molecule has 0 bridgehead atoms. The number of imide groups is 1. The number of fused-ring (bicyclic) bond motifs is 1. The van der Waals surface area contributed by atoms with E-state index in [9.17, 15) is 14.4 Å². The number of halogens is 1. The summed E-state index contributed by atoms with van der Waals surface area (Å²) in [6, 6.07) is 9.27. The van der Waals surface area contributed by atoms with Gasteiger partial charge in [0.05, 0.1) is 24.8 Å². The van der Waals surface area contributed by atoms with Crippen LogP contribution in [0.1, 0.15) is 18.4 Å². The highest BCUT2D eigenvalue weighted by Crippen LogP contribution is 2.38. The molecule has 126 valence electrons. The number of hydrogen-bond acceptors (Lipinski definition) is 4. The molecule has 2 aliphatic rings. The van der Waals surface area contributed by atoms with Crippen LogP contribution in [-0.4, -0.2) is 35.8 Å². The first-order valence-electron chi connectivity index (χ1n) is 7.95. The summed E-state index contributed by atoms with van der Waals surface area (Å²) in [7, 11) is 0. The Labute approximate surface area is 145 Å². The first-order valence-corrected chi connectivity index (χ1v) is 8.33. The van der Waals surface area contributed by atoms with Gasteiger partial charge in [-0.3, -0.25) is 19.3 Å². The second-order valence-corrected chi connectivity index (χ2v) is 6.50. The van der Waals surface area contributed by atoms with Gasteiger partial charge in [-0.15, -0.1) is 0 Å². The molecule has 0 saturated carbocycles. The van der Waals surface area contributed by atoms with Crippen molar-refractivity contribution in [3.05, 3.63) is 47.0 Å². The van der Waals surface area contributed by atoms with E-state index < -0.39 is 0 Å². The molecule has 2 unspecified atom stereocenters. The molecule has 2 amide bonds. The number of nitrogens with zero attached hydrogens (tertiary/aromatic N) is 1. The van der Waals surface area contributed by atoms with Crippen molar-refractivity contribution < 1.29 is 19.1 Å². The Hall–Kier alpha value is -2.14. The minimum Gasteiger partial charge on any atom is -0.464 e. The fourth-order valence-electron chi connectivity index (χ4n) is 3.18. The largest absolute Gasteiger partial charge is 0.464 e. The van der Waals surface area contributed by atoms with Crippen LogP contribution in [0.3, 0.4) is 0 Å². The van der Waals surface area contributed by atoms with Crippen molar-refractivity contribution in [1.82, 2.24) is 4.90 Å². The highest BCUT2D eigenvalue weighted by Gasteiger charge is 2.48. The first kappa shape index (κ1) is 16.7. The van der Waals surface area contributed by atoms with Crippen molar-refractivity contribution in [3.63, 3.8) is 0 Å². The van der Waals surface area contributed by atoms with E-state index in [0.717, 1.165) is 5.56 Å². The number of amides is 2. The third kappa shape index (κ3) is 3.51. The molecule has 1 heterocycles. The van der Waals surface area contributed by atoms with Crippen LogP contribution in [0.4, 0.5) is 0 Å². The number of esters is 1. The van der Waals surface area contributed by atoms with Gasteiger partial charge in [0.25, 0.3) is 0 Å². The molecule has 0 radical (unpaired) electrons. The quantitative estimate of drug-likeness (QED) is 0.605. The molecular formula is C18H18ClNO4. The Kier molecular flexibility index (Phi) is 5.00. The number of hydrogen-bond donors (Lipinski definition) is 0. The molecule has 0 aromatic heterocycles. The van der Waals surface area contributed by atoms with Crippen LogP contribution < -0.4 is 0 Å². The predicted octanol–water partition coefficient (Wildman–Crippen LogP) is 2.29. The van der Waals surface area contributed by atoms with Gasteiger partial charge < -0.3 is 4.74 Å². The number of allylic oxidation sites excluding steroid dienone is 2. The van der Waals surface area contributed by atoms with Crippen molar-refractivity contribution in [2.45, 2.75) is 19.3 Å². The van der Waals surface area contributed by atoms with Gasteiger partial charge in [0.2, 0.25) is 11.8 Å². The average Bonchev–Trinajstić information content (AvgIpc) is 2.80. The van der Waals surface area contributed by atoms with Gasteiger partial charge in [0.15, 0.2) is 0 Å². The lowest BCUT2D eigenvalue weighted by Gasteiger charge is -2.17. The maximum Gasteiger partial charge on any atom is 0.310 e. The summed E-state index contributed by atoms with van der Waals surface area (Å²) in [6.07, 6.45) is 2.89. The van der Waals surface area contributed by atoms with E-state index in [1.165, 1.54) is 4.90 Å². The third-order valence-electron chi connectivity index (χ3n) is 4.43. The van der Waals surface area contributed by atoms with E-state index in [-0.39, 0.29) is 49.2 Å². The molecule has 6 heteroatoms. The zero-order valence-electron chi connectivity index (χ0n) is 13.1. The van der Waals surface area contributed by atoms with Crippen molar-refractivity contribution in [2.24, 2.45) is 11.8 Å². The third-order valence-corrected chi connectivity index (χ3v) is 4.74. The van der Waals surface area contributed by atoms with E-state index in [2.05, 4.69) is 0 Å². The number of ether oxygens (including phenoxy) is 1. The molecule has 1 aromatic rings. The lowest BCUT2D eigenvalue weighted by Crippen LogP contribution is -2.34. The topological polar surface area (TPSA) is 63.7 Å². The molecule has 0 spiro atoms. The van der Waals surface area contributed by atoms with Crippen molar-refractivity contribution in [3.8, 4) is 0 Å². The predicted molar refractivity (Wildman–Crippen MR) is 88.0 cm³/mol. The van der Waals surface area contributed by atoms with Crippen LogP contribution >= 0.6 is 11.6 Å². The second kappa shape index (κ2) is 7.18. The molecular weight excluding hydrogens is 330 g/mol. The van der Waals surface area contributed by atoms with Crippen LogP contribution in [-0.2, 0) is 25.5 Å². The minimum absolute atomic E-state index is 0.0176.